The minimum Gasteiger partial charge on any atom is -0.312 e. The van der Waals surface area contributed by atoms with E-state index in [1.54, 1.807) is 6.07 Å². The van der Waals surface area contributed by atoms with E-state index in [0.29, 0.717) is 6.04 Å². The molecule has 1 aromatic heterocycles. The first-order valence-electron chi connectivity index (χ1n) is 7.77. The molecule has 4 nitrogen and oxygen atoms in total. The summed E-state index contributed by atoms with van der Waals surface area (Å²) in [6.45, 7) is 3.40. The minimum atomic E-state index is -0.281. The van der Waals surface area contributed by atoms with Crippen molar-refractivity contribution >= 4 is 0 Å². The van der Waals surface area contributed by atoms with Crippen molar-refractivity contribution in [3.05, 3.63) is 29.8 Å². The summed E-state index contributed by atoms with van der Waals surface area (Å²) in [6, 6.07) is 4.11. The van der Waals surface area contributed by atoms with Crippen LogP contribution in [0.25, 0.3) is 0 Å². The fourth-order valence-electron chi connectivity index (χ4n) is 2.98. The number of nitrogens with one attached hydrogen (secondary N) is 1. The Bertz CT molecular complexity index is 415. The van der Waals surface area contributed by atoms with E-state index in [4.69, 9.17) is 0 Å². The Morgan fingerprint density at radius 2 is 2.14 bits per heavy atom. The Kier molecular flexibility index (Phi) is 6.08. The monoisotopic (exact) mass is 294 g/mol. The third-order valence-corrected chi connectivity index (χ3v) is 4.54. The van der Waals surface area contributed by atoms with Gasteiger partial charge in [0.15, 0.2) is 0 Å². The zero-order valence-electron chi connectivity index (χ0n) is 13.3. The van der Waals surface area contributed by atoms with Gasteiger partial charge in [-0.2, -0.15) is 0 Å². The zero-order chi connectivity index (χ0) is 15.2. The topological polar surface area (TPSA) is 31.4 Å². The number of likely N-dealkylation sites (tertiary alicyclic amines) is 1. The molecule has 0 radical (unpaired) electrons. The van der Waals surface area contributed by atoms with Crippen LogP contribution in [-0.2, 0) is 0 Å². The molecule has 0 aromatic carbocycles. The number of hydrogen-bond donors (Lipinski definition) is 1. The van der Waals surface area contributed by atoms with Crippen LogP contribution >= 0.6 is 0 Å². The van der Waals surface area contributed by atoms with Crippen LogP contribution in [0.1, 0.15) is 31.0 Å². The average molecular weight is 294 g/mol. The fourth-order valence-corrected chi connectivity index (χ4v) is 2.98. The molecule has 0 amide bonds. The molecule has 21 heavy (non-hydrogen) atoms. The summed E-state index contributed by atoms with van der Waals surface area (Å²) in [5, 5.41) is 3.28. The van der Waals surface area contributed by atoms with E-state index in [2.05, 4.69) is 34.2 Å². The van der Waals surface area contributed by atoms with Crippen LogP contribution in [0.2, 0.25) is 0 Å². The maximum Gasteiger partial charge on any atom is 0.141 e. The highest BCUT2D eigenvalue weighted by Crippen LogP contribution is 2.18. The minimum absolute atomic E-state index is 0.180. The van der Waals surface area contributed by atoms with E-state index < -0.39 is 0 Å². The summed E-state index contributed by atoms with van der Waals surface area (Å²) >= 11 is 0. The Balaban J connectivity index is 1.83. The van der Waals surface area contributed by atoms with Gasteiger partial charge < -0.3 is 15.1 Å². The predicted octanol–water partition coefficient (Wildman–Crippen LogP) is 1.90. The van der Waals surface area contributed by atoms with Crippen LogP contribution in [0.4, 0.5) is 4.39 Å². The molecule has 1 aliphatic rings. The Labute approximate surface area is 127 Å². The van der Waals surface area contributed by atoms with Crippen LogP contribution in [0.5, 0.6) is 0 Å². The molecule has 5 heteroatoms. The fraction of sp³-hybridized carbons (Fsp3) is 0.688. The highest BCUT2D eigenvalue weighted by atomic mass is 19.1. The maximum absolute atomic E-state index is 12.9. The van der Waals surface area contributed by atoms with E-state index in [1.165, 1.54) is 38.2 Å². The van der Waals surface area contributed by atoms with Gasteiger partial charge in [-0.1, -0.05) is 0 Å². The van der Waals surface area contributed by atoms with Crippen molar-refractivity contribution < 1.29 is 4.39 Å². The third-order valence-electron chi connectivity index (χ3n) is 4.54. The van der Waals surface area contributed by atoms with Crippen molar-refractivity contribution in [3.63, 3.8) is 0 Å². The van der Waals surface area contributed by atoms with Crippen molar-refractivity contribution in [2.75, 3.05) is 40.8 Å². The molecule has 1 N–H and O–H groups in total. The molecule has 0 bridgehead atoms. The largest absolute Gasteiger partial charge is 0.312 e. The second-order valence-electron chi connectivity index (χ2n) is 6.05. The van der Waals surface area contributed by atoms with E-state index >= 15 is 0 Å². The van der Waals surface area contributed by atoms with Crippen molar-refractivity contribution in [2.24, 2.45) is 0 Å². The second-order valence-corrected chi connectivity index (χ2v) is 6.05. The van der Waals surface area contributed by atoms with Gasteiger partial charge in [0.2, 0.25) is 0 Å². The quantitative estimate of drug-likeness (QED) is 0.868. The lowest BCUT2D eigenvalue weighted by Gasteiger charge is -2.35. The van der Waals surface area contributed by atoms with Crippen LogP contribution in [0.15, 0.2) is 18.3 Å². The van der Waals surface area contributed by atoms with Gasteiger partial charge in [0.05, 0.1) is 17.9 Å². The van der Waals surface area contributed by atoms with Gasteiger partial charge in [-0.05, 0) is 72.2 Å². The number of pyridine rings is 1. The summed E-state index contributed by atoms with van der Waals surface area (Å²) in [6.07, 6.45) is 4.76. The molecule has 1 saturated heterocycles. The normalized spacial score (nSPS) is 19.1. The van der Waals surface area contributed by atoms with Gasteiger partial charge in [-0.25, -0.2) is 4.39 Å². The summed E-state index contributed by atoms with van der Waals surface area (Å²) in [5.41, 5.74) is 0.913. The average Bonchev–Trinajstić information content (AvgIpc) is 2.50. The molecule has 1 unspecified atom stereocenters. The molecule has 0 spiro atoms. The highest BCUT2D eigenvalue weighted by molar-refractivity contribution is 5.09. The lowest BCUT2D eigenvalue weighted by Crippen LogP contribution is -2.42. The number of piperidine rings is 1. The summed E-state index contributed by atoms with van der Waals surface area (Å²) < 4.78 is 12.9. The lowest BCUT2D eigenvalue weighted by atomic mass is 10.0. The molecule has 118 valence electrons. The number of halogens is 1. The van der Waals surface area contributed by atoms with Gasteiger partial charge in [0.1, 0.15) is 5.82 Å². The molecule has 1 aromatic rings. The number of nitrogens with zero attached hydrogens (tertiary/aromatic N) is 3. The van der Waals surface area contributed by atoms with Gasteiger partial charge in [-0.3, -0.25) is 4.98 Å². The molecule has 1 atom stereocenters. The Morgan fingerprint density at radius 3 is 2.71 bits per heavy atom. The molecular formula is C16H27FN4. The summed E-state index contributed by atoms with van der Waals surface area (Å²) in [7, 11) is 6.33. The first-order valence-corrected chi connectivity index (χ1v) is 7.77. The number of aromatic nitrogens is 1. The van der Waals surface area contributed by atoms with Crippen LogP contribution < -0.4 is 5.32 Å². The number of rotatable bonds is 6. The summed E-state index contributed by atoms with van der Waals surface area (Å²) in [5.74, 6) is -0.281. The van der Waals surface area contributed by atoms with Gasteiger partial charge in [0.25, 0.3) is 0 Å². The SMILES string of the molecule is CNC(CCN(C)C1CCN(C)CC1)c1ccc(F)cn1. The molecular weight excluding hydrogens is 267 g/mol. The van der Waals surface area contributed by atoms with Crippen LogP contribution in [0, 0.1) is 5.82 Å². The Hall–Kier alpha value is -1.04. The van der Waals surface area contributed by atoms with Gasteiger partial charge >= 0.3 is 0 Å². The second kappa shape index (κ2) is 7.82. The first-order chi connectivity index (χ1) is 10.1. The van der Waals surface area contributed by atoms with Gasteiger partial charge in [-0.15, -0.1) is 0 Å². The first kappa shape index (κ1) is 16.3. The smallest absolute Gasteiger partial charge is 0.141 e. The van der Waals surface area contributed by atoms with Gasteiger partial charge in [0, 0.05) is 6.04 Å². The van der Waals surface area contributed by atoms with E-state index in [0.717, 1.165) is 18.7 Å². The zero-order valence-corrected chi connectivity index (χ0v) is 13.3. The summed E-state index contributed by atoms with van der Waals surface area (Å²) in [4.78, 5) is 9.04. The standard InChI is InChI=1S/C16H27FN4/c1-18-15(16-5-4-13(17)12-19-16)8-11-21(3)14-6-9-20(2)10-7-14/h4-5,12,14-15,18H,6-11H2,1-3H3. The maximum atomic E-state index is 12.9. The van der Waals surface area contributed by atoms with E-state index in [1.807, 2.05) is 7.05 Å². The lowest BCUT2D eigenvalue weighted by molar-refractivity contribution is 0.140. The highest BCUT2D eigenvalue weighted by Gasteiger charge is 2.21. The van der Waals surface area contributed by atoms with Crippen molar-refractivity contribution in [1.82, 2.24) is 20.1 Å². The van der Waals surface area contributed by atoms with Crippen LogP contribution in [0.3, 0.4) is 0 Å². The Morgan fingerprint density at radius 1 is 1.43 bits per heavy atom. The van der Waals surface area contributed by atoms with E-state index in [-0.39, 0.29) is 11.9 Å². The van der Waals surface area contributed by atoms with E-state index in [9.17, 15) is 4.39 Å². The van der Waals surface area contributed by atoms with Crippen molar-refractivity contribution in [3.8, 4) is 0 Å². The molecule has 0 aliphatic carbocycles. The molecule has 1 fully saturated rings. The third kappa shape index (κ3) is 4.73. The molecule has 1 aliphatic heterocycles. The molecule has 2 rings (SSSR count). The molecule has 0 saturated carbocycles. The van der Waals surface area contributed by atoms with Crippen molar-refractivity contribution in [2.45, 2.75) is 31.3 Å². The number of hydrogen-bond acceptors (Lipinski definition) is 4. The predicted molar refractivity (Wildman–Crippen MR) is 83.8 cm³/mol. The molecule has 2 heterocycles. The van der Waals surface area contributed by atoms with Crippen LogP contribution in [-0.4, -0.2) is 61.6 Å². The van der Waals surface area contributed by atoms with Crippen molar-refractivity contribution in [1.29, 1.82) is 0 Å².